The van der Waals surface area contributed by atoms with Gasteiger partial charge in [-0.2, -0.15) is 0 Å². The number of nitrogens with one attached hydrogen (secondary N) is 1. The highest BCUT2D eigenvalue weighted by atomic mass is 35.5. The molecule has 0 unspecified atom stereocenters. The number of aromatic nitrogens is 1. The second-order valence-corrected chi connectivity index (χ2v) is 4.33. The number of amides is 1. The van der Waals surface area contributed by atoms with Gasteiger partial charge in [-0.1, -0.05) is 18.0 Å². The van der Waals surface area contributed by atoms with Crippen molar-refractivity contribution < 1.29 is 4.79 Å². The molecule has 14 heavy (non-hydrogen) atoms. The zero-order valence-corrected chi connectivity index (χ0v) is 8.27. The summed E-state index contributed by atoms with van der Waals surface area (Å²) in [5.74, 6) is 0.114. The van der Waals surface area contributed by atoms with Crippen LogP contribution in [0.2, 0.25) is 5.15 Å². The lowest BCUT2D eigenvalue weighted by Crippen LogP contribution is -2.40. The van der Waals surface area contributed by atoms with Crippen LogP contribution in [-0.4, -0.2) is 10.9 Å². The van der Waals surface area contributed by atoms with E-state index in [9.17, 15) is 4.79 Å². The van der Waals surface area contributed by atoms with Gasteiger partial charge in [-0.3, -0.25) is 4.79 Å². The van der Waals surface area contributed by atoms with Gasteiger partial charge in [0.15, 0.2) is 0 Å². The lowest BCUT2D eigenvalue weighted by atomic mass is 9.65. The molecule has 0 atom stereocenters. The number of rotatable bonds is 0. The van der Waals surface area contributed by atoms with Crippen LogP contribution in [0.5, 0.6) is 0 Å². The molecule has 1 fully saturated rings. The van der Waals surface area contributed by atoms with Gasteiger partial charge in [-0.25, -0.2) is 4.98 Å². The van der Waals surface area contributed by atoms with Crippen molar-refractivity contribution in [3.8, 4) is 0 Å². The van der Waals surface area contributed by atoms with E-state index in [-0.39, 0.29) is 11.3 Å². The average molecular weight is 209 g/mol. The van der Waals surface area contributed by atoms with E-state index in [0.717, 1.165) is 30.5 Å². The van der Waals surface area contributed by atoms with E-state index in [1.54, 1.807) is 12.3 Å². The summed E-state index contributed by atoms with van der Waals surface area (Å²) < 4.78 is 0. The van der Waals surface area contributed by atoms with Gasteiger partial charge in [-0.05, 0) is 18.9 Å². The molecule has 1 amide bonds. The van der Waals surface area contributed by atoms with Crippen molar-refractivity contribution in [2.24, 2.45) is 0 Å². The first-order valence-electron chi connectivity index (χ1n) is 4.70. The first kappa shape index (κ1) is 8.24. The van der Waals surface area contributed by atoms with Gasteiger partial charge < -0.3 is 5.32 Å². The zero-order chi connectivity index (χ0) is 9.76. The van der Waals surface area contributed by atoms with E-state index in [0.29, 0.717) is 5.15 Å². The molecule has 1 N–H and O–H groups in total. The van der Waals surface area contributed by atoms with Gasteiger partial charge in [0.1, 0.15) is 5.15 Å². The molecular weight excluding hydrogens is 200 g/mol. The number of pyridine rings is 1. The Balaban J connectivity index is 2.18. The van der Waals surface area contributed by atoms with Crippen LogP contribution in [0.15, 0.2) is 12.3 Å². The van der Waals surface area contributed by atoms with E-state index in [1.807, 2.05) is 0 Å². The smallest absolute Gasteiger partial charge is 0.235 e. The molecule has 1 aliphatic heterocycles. The Morgan fingerprint density at radius 3 is 2.93 bits per heavy atom. The molecule has 0 aromatic carbocycles. The molecule has 3 rings (SSSR count). The summed E-state index contributed by atoms with van der Waals surface area (Å²) in [5, 5.41) is 3.30. The van der Waals surface area contributed by atoms with Crippen LogP contribution in [0, 0.1) is 0 Å². The highest BCUT2D eigenvalue weighted by Crippen LogP contribution is 2.50. The Labute approximate surface area is 86.5 Å². The molecule has 3 nitrogen and oxygen atoms in total. The molecule has 0 bridgehead atoms. The maximum absolute atomic E-state index is 11.8. The second-order valence-electron chi connectivity index (χ2n) is 3.94. The minimum Gasteiger partial charge on any atom is -0.325 e. The van der Waals surface area contributed by atoms with Crippen molar-refractivity contribution in [2.45, 2.75) is 24.7 Å². The Kier molecular flexibility index (Phi) is 1.46. The number of hydrogen-bond acceptors (Lipinski definition) is 2. The Morgan fingerprint density at radius 2 is 2.29 bits per heavy atom. The van der Waals surface area contributed by atoms with Crippen molar-refractivity contribution in [1.82, 2.24) is 4.98 Å². The second kappa shape index (κ2) is 2.48. The van der Waals surface area contributed by atoms with Crippen LogP contribution in [-0.2, 0) is 10.2 Å². The third-order valence-electron chi connectivity index (χ3n) is 3.28. The SMILES string of the molecule is O=C1Nc2cc(Cl)ncc2C12CCC2. The van der Waals surface area contributed by atoms with Gasteiger partial charge in [0.2, 0.25) is 5.91 Å². The van der Waals surface area contributed by atoms with Crippen molar-refractivity contribution in [2.75, 3.05) is 5.32 Å². The van der Waals surface area contributed by atoms with Gasteiger partial charge in [0.05, 0.1) is 5.41 Å². The Hall–Kier alpha value is -1.09. The van der Waals surface area contributed by atoms with Crippen molar-refractivity contribution in [3.63, 3.8) is 0 Å². The number of carbonyl (C=O) groups is 1. The summed E-state index contributed by atoms with van der Waals surface area (Å²) in [6.07, 6.45) is 4.73. The number of fused-ring (bicyclic) bond motifs is 2. The van der Waals surface area contributed by atoms with Gasteiger partial charge in [-0.15, -0.1) is 0 Å². The molecule has 2 heterocycles. The molecule has 1 spiro atoms. The van der Waals surface area contributed by atoms with Crippen LogP contribution in [0.3, 0.4) is 0 Å². The Morgan fingerprint density at radius 1 is 1.50 bits per heavy atom. The fraction of sp³-hybridized carbons (Fsp3) is 0.400. The highest BCUT2D eigenvalue weighted by molar-refractivity contribution is 6.30. The predicted octanol–water partition coefficient (Wildman–Crippen LogP) is 2.11. The number of nitrogens with zero attached hydrogens (tertiary/aromatic N) is 1. The largest absolute Gasteiger partial charge is 0.325 e. The van der Waals surface area contributed by atoms with Crippen LogP contribution >= 0.6 is 11.6 Å². The van der Waals surface area contributed by atoms with E-state index in [4.69, 9.17) is 11.6 Å². The molecule has 2 aliphatic rings. The maximum atomic E-state index is 11.8. The fourth-order valence-corrected chi connectivity index (χ4v) is 2.46. The molecule has 1 aromatic heterocycles. The topological polar surface area (TPSA) is 42.0 Å². The van der Waals surface area contributed by atoms with Crippen molar-refractivity contribution >= 4 is 23.2 Å². The van der Waals surface area contributed by atoms with Crippen LogP contribution in [0.4, 0.5) is 5.69 Å². The summed E-state index contributed by atoms with van der Waals surface area (Å²) in [4.78, 5) is 15.8. The molecule has 0 saturated heterocycles. The fourth-order valence-electron chi connectivity index (χ4n) is 2.31. The normalized spacial score (nSPS) is 21.6. The molecule has 0 radical (unpaired) electrons. The summed E-state index contributed by atoms with van der Waals surface area (Å²) in [6.45, 7) is 0. The number of halogens is 1. The summed E-state index contributed by atoms with van der Waals surface area (Å²) in [7, 11) is 0. The quantitative estimate of drug-likeness (QED) is 0.664. The predicted molar refractivity (Wildman–Crippen MR) is 53.4 cm³/mol. The monoisotopic (exact) mass is 208 g/mol. The lowest BCUT2D eigenvalue weighted by molar-refractivity contribution is -0.123. The molecule has 1 aromatic rings. The lowest BCUT2D eigenvalue weighted by Gasteiger charge is -2.35. The zero-order valence-electron chi connectivity index (χ0n) is 7.51. The van der Waals surface area contributed by atoms with Crippen LogP contribution in [0.25, 0.3) is 0 Å². The molecule has 4 heteroatoms. The molecule has 72 valence electrons. The molecule has 1 saturated carbocycles. The van der Waals surface area contributed by atoms with Crippen LogP contribution < -0.4 is 5.32 Å². The summed E-state index contributed by atoms with van der Waals surface area (Å²) >= 11 is 5.76. The van der Waals surface area contributed by atoms with E-state index >= 15 is 0 Å². The van der Waals surface area contributed by atoms with E-state index in [1.165, 1.54) is 0 Å². The van der Waals surface area contributed by atoms with Crippen LogP contribution in [0.1, 0.15) is 24.8 Å². The molecular formula is C10H9ClN2O. The maximum Gasteiger partial charge on any atom is 0.235 e. The number of hydrogen-bond donors (Lipinski definition) is 1. The minimum absolute atomic E-state index is 0.114. The third-order valence-corrected chi connectivity index (χ3v) is 3.48. The molecule has 1 aliphatic carbocycles. The standard InChI is InChI=1S/C10H9ClN2O/c11-8-4-7-6(5-12-8)10(2-1-3-10)9(14)13-7/h4-5H,1-3H2,(H,13,14). The minimum atomic E-state index is -0.271. The summed E-state index contributed by atoms with van der Waals surface area (Å²) in [5.41, 5.74) is 1.60. The average Bonchev–Trinajstić information content (AvgIpc) is 2.34. The first-order valence-corrected chi connectivity index (χ1v) is 5.08. The summed E-state index contributed by atoms with van der Waals surface area (Å²) in [6, 6.07) is 1.72. The Bertz CT molecular complexity index is 426. The third kappa shape index (κ3) is 0.831. The van der Waals surface area contributed by atoms with Crippen molar-refractivity contribution in [3.05, 3.63) is 23.0 Å². The van der Waals surface area contributed by atoms with Crippen molar-refractivity contribution in [1.29, 1.82) is 0 Å². The highest BCUT2D eigenvalue weighted by Gasteiger charge is 2.51. The number of carbonyl (C=O) groups excluding carboxylic acids is 1. The van der Waals surface area contributed by atoms with E-state index in [2.05, 4.69) is 10.3 Å². The van der Waals surface area contributed by atoms with E-state index < -0.39 is 0 Å². The van der Waals surface area contributed by atoms with Gasteiger partial charge in [0, 0.05) is 17.4 Å². The first-order chi connectivity index (χ1) is 6.72. The van der Waals surface area contributed by atoms with Gasteiger partial charge >= 0.3 is 0 Å². The van der Waals surface area contributed by atoms with Gasteiger partial charge in [0.25, 0.3) is 0 Å². The number of anilines is 1.